The zero-order valence-corrected chi connectivity index (χ0v) is 13.2. The van der Waals surface area contributed by atoms with Crippen LogP contribution in [0.5, 0.6) is 5.75 Å². The number of carbonyl (C=O) groups is 1. The summed E-state index contributed by atoms with van der Waals surface area (Å²) in [6.45, 7) is 0.509. The second-order valence-electron chi connectivity index (χ2n) is 5.32. The molecule has 5 heteroatoms. The minimum Gasteiger partial charge on any atom is -0.497 e. The lowest BCUT2D eigenvalue weighted by Gasteiger charge is -2.22. The number of carbonyl (C=O) groups excluding carboxylic acids is 1. The maximum Gasteiger partial charge on any atom is 0.224 e. The average molecular weight is 302 g/mol. The quantitative estimate of drug-likeness (QED) is 0.852. The summed E-state index contributed by atoms with van der Waals surface area (Å²) in [5, 5.41) is 2.96. The average Bonchev–Trinajstić information content (AvgIpc) is 3.02. The number of ether oxygens (including phenoxy) is 1. The van der Waals surface area contributed by atoms with Crippen molar-refractivity contribution in [3.05, 3.63) is 54.0 Å². The van der Waals surface area contributed by atoms with Gasteiger partial charge in [0.1, 0.15) is 11.5 Å². The van der Waals surface area contributed by atoms with Crippen LogP contribution in [0, 0.1) is 0 Å². The van der Waals surface area contributed by atoms with E-state index in [2.05, 4.69) is 5.32 Å². The van der Waals surface area contributed by atoms with Crippen molar-refractivity contribution in [1.29, 1.82) is 0 Å². The highest BCUT2D eigenvalue weighted by molar-refractivity contribution is 5.78. The number of hydrogen-bond donors (Lipinski definition) is 1. The van der Waals surface area contributed by atoms with Crippen LogP contribution >= 0.6 is 0 Å². The summed E-state index contributed by atoms with van der Waals surface area (Å²) in [5.74, 6) is 1.62. The number of methoxy groups -OCH3 is 1. The molecule has 0 aliphatic carbocycles. The molecule has 22 heavy (non-hydrogen) atoms. The largest absolute Gasteiger partial charge is 0.497 e. The maximum absolute atomic E-state index is 12.1. The van der Waals surface area contributed by atoms with Crippen LogP contribution in [-0.4, -0.2) is 38.6 Å². The smallest absolute Gasteiger partial charge is 0.224 e. The van der Waals surface area contributed by atoms with Gasteiger partial charge in [-0.25, -0.2) is 0 Å². The van der Waals surface area contributed by atoms with Crippen LogP contribution in [0.1, 0.15) is 17.4 Å². The molecule has 0 saturated heterocycles. The summed E-state index contributed by atoms with van der Waals surface area (Å²) >= 11 is 0. The van der Waals surface area contributed by atoms with Gasteiger partial charge in [-0.2, -0.15) is 0 Å². The monoisotopic (exact) mass is 302 g/mol. The van der Waals surface area contributed by atoms with E-state index in [9.17, 15) is 4.79 Å². The molecule has 1 atom stereocenters. The minimum atomic E-state index is -0.0106. The topological polar surface area (TPSA) is 54.7 Å². The zero-order valence-electron chi connectivity index (χ0n) is 13.2. The first kappa shape index (κ1) is 16.1. The molecule has 0 radical (unpaired) electrons. The molecule has 1 N–H and O–H groups in total. The van der Waals surface area contributed by atoms with Gasteiger partial charge in [0.25, 0.3) is 0 Å². The van der Waals surface area contributed by atoms with E-state index < -0.39 is 0 Å². The Balaban J connectivity index is 1.88. The molecule has 1 amide bonds. The third-order valence-corrected chi connectivity index (χ3v) is 3.51. The molecule has 1 aromatic heterocycles. The van der Waals surface area contributed by atoms with Gasteiger partial charge in [0.2, 0.25) is 5.91 Å². The molecule has 5 nitrogen and oxygen atoms in total. The highest BCUT2D eigenvalue weighted by Crippen LogP contribution is 2.17. The van der Waals surface area contributed by atoms with Gasteiger partial charge in [-0.3, -0.25) is 9.69 Å². The molecule has 0 bridgehead atoms. The van der Waals surface area contributed by atoms with Gasteiger partial charge in [-0.05, 0) is 43.9 Å². The van der Waals surface area contributed by atoms with Crippen LogP contribution in [0.3, 0.4) is 0 Å². The van der Waals surface area contributed by atoms with Crippen molar-refractivity contribution in [3.63, 3.8) is 0 Å². The van der Waals surface area contributed by atoms with E-state index in [0.717, 1.165) is 17.1 Å². The van der Waals surface area contributed by atoms with E-state index in [1.54, 1.807) is 13.4 Å². The number of nitrogens with zero attached hydrogens (tertiary/aromatic N) is 1. The van der Waals surface area contributed by atoms with Crippen LogP contribution in [0.4, 0.5) is 0 Å². The Bertz CT molecular complexity index is 576. The van der Waals surface area contributed by atoms with E-state index in [0.29, 0.717) is 13.0 Å². The Kier molecular flexibility index (Phi) is 5.61. The van der Waals surface area contributed by atoms with Crippen molar-refractivity contribution >= 4 is 5.91 Å². The predicted octanol–water partition coefficient (Wildman–Crippen LogP) is 2.25. The van der Waals surface area contributed by atoms with Crippen molar-refractivity contribution in [2.45, 2.75) is 12.5 Å². The zero-order chi connectivity index (χ0) is 15.9. The Morgan fingerprint density at radius 3 is 2.55 bits per heavy atom. The van der Waals surface area contributed by atoms with Crippen LogP contribution in [0.2, 0.25) is 0 Å². The molecule has 0 aliphatic heterocycles. The van der Waals surface area contributed by atoms with E-state index in [4.69, 9.17) is 9.15 Å². The van der Waals surface area contributed by atoms with Gasteiger partial charge in [0, 0.05) is 6.54 Å². The minimum absolute atomic E-state index is 0.0106. The van der Waals surface area contributed by atoms with Crippen LogP contribution in [0.25, 0.3) is 0 Å². The number of amides is 1. The van der Waals surface area contributed by atoms with Gasteiger partial charge in [-0.15, -0.1) is 0 Å². The molecule has 2 rings (SSSR count). The number of benzene rings is 1. The first-order chi connectivity index (χ1) is 10.6. The molecular formula is C17H22N2O3. The van der Waals surface area contributed by atoms with Gasteiger partial charge in [0.15, 0.2) is 0 Å². The van der Waals surface area contributed by atoms with Gasteiger partial charge < -0.3 is 14.5 Å². The first-order valence-corrected chi connectivity index (χ1v) is 7.19. The summed E-state index contributed by atoms with van der Waals surface area (Å²) < 4.78 is 10.5. The molecule has 1 heterocycles. The Labute approximate surface area is 130 Å². The standard InChI is InChI=1S/C17H22N2O3/c1-19(2)15(16-5-4-10-22-16)12-18-17(20)11-13-6-8-14(21-3)9-7-13/h4-10,15H,11-12H2,1-3H3,(H,18,20)/t15-/m0/s1. The number of rotatable bonds is 7. The SMILES string of the molecule is COc1ccc(CC(=O)NC[C@@H](c2ccco2)N(C)C)cc1. The van der Waals surface area contributed by atoms with E-state index in [1.165, 1.54) is 0 Å². The molecular weight excluding hydrogens is 280 g/mol. The van der Waals surface area contributed by atoms with Crippen molar-refractivity contribution in [3.8, 4) is 5.75 Å². The van der Waals surface area contributed by atoms with Crippen LogP contribution in [0.15, 0.2) is 47.1 Å². The molecule has 118 valence electrons. The van der Waals surface area contributed by atoms with Crippen LogP contribution < -0.4 is 10.1 Å². The number of likely N-dealkylation sites (N-methyl/N-ethyl adjacent to an activating group) is 1. The number of nitrogens with one attached hydrogen (secondary N) is 1. The summed E-state index contributed by atoms with van der Waals surface area (Å²) in [4.78, 5) is 14.1. The molecule has 0 saturated carbocycles. The molecule has 1 aromatic carbocycles. The normalized spacial score (nSPS) is 12.2. The Hall–Kier alpha value is -2.27. The fourth-order valence-electron chi connectivity index (χ4n) is 2.22. The lowest BCUT2D eigenvalue weighted by Crippen LogP contribution is -2.35. The van der Waals surface area contributed by atoms with Gasteiger partial charge >= 0.3 is 0 Å². The molecule has 0 fully saturated rings. The van der Waals surface area contributed by atoms with Gasteiger partial charge in [0.05, 0.1) is 25.8 Å². The lowest BCUT2D eigenvalue weighted by molar-refractivity contribution is -0.120. The summed E-state index contributed by atoms with van der Waals surface area (Å²) in [6.07, 6.45) is 1.99. The highest BCUT2D eigenvalue weighted by atomic mass is 16.5. The van der Waals surface area contributed by atoms with Crippen molar-refractivity contribution < 1.29 is 13.9 Å². The second kappa shape index (κ2) is 7.66. The highest BCUT2D eigenvalue weighted by Gasteiger charge is 2.17. The van der Waals surface area contributed by atoms with E-state index in [-0.39, 0.29) is 11.9 Å². The molecule has 0 spiro atoms. The summed E-state index contributed by atoms with van der Waals surface area (Å²) in [6, 6.07) is 11.3. The predicted molar refractivity (Wildman–Crippen MR) is 84.8 cm³/mol. The van der Waals surface area contributed by atoms with Crippen LogP contribution in [-0.2, 0) is 11.2 Å². The van der Waals surface area contributed by atoms with Crippen molar-refractivity contribution in [1.82, 2.24) is 10.2 Å². The number of furan rings is 1. The molecule has 2 aromatic rings. The van der Waals surface area contributed by atoms with Gasteiger partial charge in [-0.1, -0.05) is 12.1 Å². The third-order valence-electron chi connectivity index (χ3n) is 3.51. The fourth-order valence-corrected chi connectivity index (χ4v) is 2.22. The maximum atomic E-state index is 12.1. The Morgan fingerprint density at radius 2 is 2.00 bits per heavy atom. The van der Waals surface area contributed by atoms with E-state index in [1.807, 2.05) is 55.4 Å². The first-order valence-electron chi connectivity index (χ1n) is 7.19. The van der Waals surface area contributed by atoms with Crippen molar-refractivity contribution in [2.75, 3.05) is 27.7 Å². The summed E-state index contributed by atoms with van der Waals surface area (Å²) in [7, 11) is 5.55. The lowest BCUT2D eigenvalue weighted by atomic mass is 10.1. The van der Waals surface area contributed by atoms with Crippen molar-refractivity contribution in [2.24, 2.45) is 0 Å². The Morgan fingerprint density at radius 1 is 1.27 bits per heavy atom. The third kappa shape index (κ3) is 4.36. The summed E-state index contributed by atoms with van der Waals surface area (Å²) in [5.41, 5.74) is 0.956. The van der Waals surface area contributed by atoms with E-state index >= 15 is 0 Å². The molecule has 0 aliphatic rings. The second-order valence-corrected chi connectivity index (χ2v) is 5.32. The molecule has 0 unspecified atom stereocenters. The number of hydrogen-bond acceptors (Lipinski definition) is 4. The fraction of sp³-hybridized carbons (Fsp3) is 0.353.